The number of allylic oxidation sites excluding steroid dienone is 1. The lowest BCUT2D eigenvalue weighted by Crippen LogP contribution is -1.96. The van der Waals surface area contributed by atoms with Gasteiger partial charge in [0.2, 0.25) is 0 Å². The Morgan fingerprint density at radius 3 is 2.46 bits per heavy atom. The van der Waals surface area contributed by atoms with Crippen molar-refractivity contribution in [1.29, 1.82) is 0 Å². The summed E-state index contributed by atoms with van der Waals surface area (Å²) in [6.07, 6.45) is 2.78. The highest BCUT2D eigenvalue weighted by atomic mass is 16.5. The quantitative estimate of drug-likeness (QED) is 0.643. The second-order valence-electron chi connectivity index (χ2n) is 3.20. The predicted molar refractivity (Wildman–Crippen MR) is 56.4 cm³/mol. The Morgan fingerprint density at radius 1 is 1.31 bits per heavy atom. The molecule has 0 fully saturated rings. The molecule has 0 bridgehead atoms. The molecular weight excluding hydrogens is 160 g/mol. The summed E-state index contributed by atoms with van der Waals surface area (Å²) in [5.41, 5.74) is 3.70. The fourth-order valence-corrected chi connectivity index (χ4v) is 1.53. The molecule has 0 heterocycles. The third-order valence-corrected chi connectivity index (χ3v) is 2.24. The minimum Gasteiger partial charge on any atom is -0.496 e. The van der Waals surface area contributed by atoms with Crippen molar-refractivity contribution in [3.8, 4) is 5.75 Å². The maximum absolute atomic E-state index is 5.36. The van der Waals surface area contributed by atoms with Gasteiger partial charge in [0.1, 0.15) is 5.75 Å². The first kappa shape index (κ1) is 9.85. The molecule has 1 nitrogen and oxygen atoms in total. The molecule has 1 heteroatoms. The molecule has 0 spiro atoms. The normalized spacial score (nSPS) is 9.77. The first-order chi connectivity index (χ1) is 6.20. The lowest BCUT2D eigenvalue weighted by atomic mass is 10.0. The van der Waals surface area contributed by atoms with Gasteiger partial charge in [-0.25, -0.2) is 0 Å². The average Bonchev–Trinajstić information content (AvgIpc) is 2.12. The van der Waals surface area contributed by atoms with Crippen molar-refractivity contribution < 1.29 is 4.74 Å². The molecule has 0 aliphatic rings. The summed E-state index contributed by atoms with van der Waals surface area (Å²) in [5.74, 6) is 1.000. The smallest absolute Gasteiger partial charge is 0.125 e. The number of benzene rings is 1. The summed E-state index contributed by atoms with van der Waals surface area (Å²) >= 11 is 0. The second-order valence-corrected chi connectivity index (χ2v) is 3.20. The largest absolute Gasteiger partial charge is 0.496 e. The fourth-order valence-electron chi connectivity index (χ4n) is 1.53. The molecule has 0 aliphatic heterocycles. The first-order valence-corrected chi connectivity index (χ1v) is 4.44. The van der Waals surface area contributed by atoms with E-state index < -0.39 is 0 Å². The second kappa shape index (κ2) is 4.13. The number of aryl methyl sites for hydroxylation is 2. The molecule has 0 N–H and O–H groups in total. The average molecular weight is 176 g/mol. The van der Waals surface area contributed by atoms with E-state index in [1.54, 1.807) is 7.11 Å². The van der Waals surface area contributed by atoms with E-state index in [0.29, 0.717) is 0 Å². The molecule has 1 aromatic rings. The molecule has 0 unspecified atom stereocenters. The van der Waals surface area contributed by atoms with Gasteiger partial charge in [-0.1, -0.05) is 18.2 Å². The first-order valence-electron chi connectivity index (χ1n) is 4.44. The summed E-state index contributed by atoms with van der Waals surface area (Å²) in [6, 6.07) is 4.21. The van der Waals surface area contributed by atoms with Crippen LogP contribution >= 0.6 is 0 Å². The van der Waals surface area contributed by atoms with Crippen molar-refractivity contribution in [2.45, 2.75) is 20.3 Å². The van der Waals surface area contributed by atoms with Crippen LogP contribution in [0.1, 0.15) is 16.7 Å². The van der Waals surface area contributed by atoms with Gasteiger partial charge in [-0.05, 0) is 31.4 Å². The van der Waals surface area contributed by atoms with Gasteiger partial charge < -0.3 is 4.74 Å². The van der Waals surface area contributed by atoms with Crippen LogP contribution in [0.5, 0.6) is 5.75 Å². The van der Waals surface area contributed by atoms with Crippen molar-refractivity contribution in [3.63, 3.8) is 0 Å². The Morgan fingerprint density at radius 2 is 1.92 bits per heavy atom. The molecule has 0 saturated heterocycles. The summed E-state index contributed by atoms with van der Waals surface area (Å²) in [5, 5.41) is 0. The zero-order valence-electron chi connectivity index (χ0n) is 8.55. The maximum atomic E-state index is 5.36. The number of methoxy groups -OCH3 is 1. The van der Waals surface area contributed by atoms with Gasteiger partial charge in [0.25, 0.3) is 0 Å². The fraction of sp³-hybridized carbons (Fsp3) is 0.333. The summed E-state index contributed by atoms with van der Waals surface area (Å²) in [7, 11) is 1.72. The van der Waals surface area contributed by atoms with Crippen LogP contribution in [0, 0.1) is 13.8 Å². The van der Waals surface area contributed by atoms with Gasteiger partial charge in [0, 0.05) is 5.56 Å². The van der Waals surface area contributed by atoms with Crippen molar-refractivity contribution in [2.75, 3.05) is 7.11 Å². The van der Waals surface area contributed by atoms with Gasteiger partial charge in [-0.2, -0.15) is 0 Å². The van der Waals surface area contributed by atoms with E-state index in [0.717, 1.165) is 12.2 Å². The monoisotopic (exact) mass is 176 g/mol. The zero-order valence-corrected chi connectivity index (χ0v) is 8.55. The molecule has 1 aromatic carbocycles. The summed E-state index contributed by atoms with van der Waals surface area (Å²) in [4.78, 5) is 0. The molecule has 70 valence electrons. The van der Waals surface area contributed by atoms with E-state index in [-0.39, 0.29) is 0 Å². The Balaban J connectivity index is 3.25. The van der Waals surface area contributed by atoms with Gasteiger partial charge >= 0.3 is 0 Å². The Bertz CT molecular complexity index is 313. The molecule has 13 heavy (non-hydrogen) atoms. The highest BCUT2D eigenvalue weighted by Crippen LogP contribution is 2.26. The lowest BCUT2D eigenvalue weighted by Gasteiger charge is -2.12. The van der Waals surface area contributed by atoms with Crippen LogP contribution in [0.3, 0.4) is 0 Å². The van der Waals surface area contributed by atoms with E-state index in [1.165, 1.54) is 16.7 Å². The predicted octanol–water partition coefficient (Wildman–Crippen LogP) is 3.04. The van der Waals surface area contributed by atoms with Crippen LogP contribution in [-0.2, 0) is 6.42 Å². The van der Waals surface area contributed by atoms with Gasteiger partial charge in [0.05, 0.1) is 7.11 Å². The molecule has 0 radical (unpaired) electrons. The van der Waals surface area contributed by atoms with Crippen molar-refractivity contribution in [1.82, 2.24) is 0 Å². The number of rotatable bonds is 3. The van der Waals surface area contributed by atoms with Gasteiger partial charge in [-0.3, -0.25) is 0 Å². The molecule has 0 aliphatic carbocycles. The minimum atomic E-state index is 0.872. The zero-order chi connectivity index (χ0) is 9.84. The third kappa shape index (κ3) is 1.92. The van der Waals surface area contributed by atoms with Crippen LogP contribution in [0.4, 0.5) is 0 Å². The summed E-state index contributed by atoms with van der Waals surface area (Å²) < 4.78 is 5.36. The van der Waals surface area contributed by atoms with Crippen molar-refractivity contribution in [2.24, 2.45) is 0 Å². The van der Waals surface area contributed by atoms with E-state index >= 15 is 0 Å². The van der Waals surface area contributed by atoms with E-state index in [1.807, 2.05) is 6.08 Å². The maximum Gasteiger partial charge on any atom is 0.125 e. The molecule has 0 saturated carbocycles. The number of ether oxygens (including phenoxy) is 1. The summed E-state index contributed by atoms with van der Waals surface area (Å²) in [6.45, 7) is 7.90. The van der Waals surface area contributed by atoms with Crippen LogP contribution < -0.4 is 4.74 Å². The highest BCUT2D eigenvalue weighted by molar-refractivity contribution is 5.46. The van der Waals surface area contributed by atoms with Gasteiger partial charge in [0.15, 0.2) is 0 Å². The van der Waals surface area contributed by atoms with E-state index in [9.17, 15) is 0 Å². The van der Waals surface area contributed by atoms with Crippen molar-refractivity contribution >= 4 is 0 Å². The van der Waals surface area contributed by atoms with Crippen molar-refractivity contribution in [3.05, 3.63) is 41.5 Å². The molecule has 0 amide bonds. The Labute approximate surface area is 80.0 Å². The molecule has 0 aromatic heterocycles. The van der Waals surface area contributed by atoms with Crippen LogP contribution in [0.15, 0.2) is 24.8 Å². The van der Waals surface area contributed by atoms with E-state index in [4.69, 9.17) is 4.74 Å². The highest BCUT2D eigenvalue weighted by Gasteiger charge is 2.06. The Hall–Kier alpha value is -1.24. The standard InChI is InChI=1S/C12H16O/c1-5-6-11-9(2)7-8-10(3)12(11)13-4/h5,7-8H,1,6H2,2-4H3. The Kier molecular flexibility index (Phi) is 3.13. The molecular formula is C12H16O. The topological polar surface area (TPSA) is 9.23 Å². The molecule has 1 rings (SSSR count). The SMILES string of the molecule is C=CCc1c(C)ccc(C)c1OC. The van der Waals surface area contributed by atoms with Crippen LogP contribution in [0.2, 0.25) is 0 Å². The third-order valence-electron chi connectivity index (χ3n) is 2.24. The minimum absolute atomic E-state index is 0.872. The van der Waals surface area contributed by atoms with Crippen LogP contribution in [-0.4, -0.2) is 7.11 Å². The lowest BCUT2D eigenvalue weighted by molar-refractivity contribution is 0.407. The number of hydrogen-bond acceptors (Lipinski definition) is 1. The van der Waals surface area contributed by atoms with Gasteiger partial charge in [-0.15, -0.1) is 6.58 Å². The number of hydrogen-bond donors (Lipinski definition) is 0. The van der Waals surface area contributed by atoms with Crippen LogP contribution in [0.25, 0.3) is 0 Å². The van der Waals surface area contributed by atoms with E-state index in [2.05, 4.69) is 32.6 Å². The molecule has 0 atom stereocenters.